The van der Waals surface area contributed by atoms with Gasteiger partial charge < -0.3 is 25.3 Å². The predicted molar refractivity (Wildman–Crippen MR) is 140 cm³/mol. The van der Waals surface area contributed by atoms with Crippen LogP contribution >= 0.6 is 0 Å². The van der Waals surface area contributed by atoms with E-state index < -0.39 is 11.5 Å². The first-order chi connectivity index (χ1) is 17.1. The van der Waals surface area contributed by atoms with Crippen LogP contribution in [-0.4, -0.2) is 78.7 Å². The number of methoxy groups -OCH3 is 1. The molecule has 2 aromatic rings. The highest BCUT2D eigenvalue weighted by Gasteiger charge is 2.25. The summed E-state index contributed by atoms with van der Waals surface area (Å²) in [5.74, 6) is -0.421. The number of likely N-dealkylation sites (tertiary alicyclic amines) is 1. The lowest BCUT2D eigenvalue weighted by Crippen LogP contribution is -2.46. The SMILES string of the molecule is COC(=O)c1[nH]c(=O)c(N(CCN(C)C2CCN(Cc3ccc(C)cc3F)CC2)CC(C)C)nc1N. The molecule has 1 aliphatic rings. The van der Waals surface area contributed by atoms with Crippen molar-refractivity contribution in [2.24, 2.45) is 5.92 Å². The fraction of sp³-hybridized carbons (Fsp3) is 0.577. The number of anilines is 2. The number of benzene rings is 1. The molecule has 0 bridgehead atoms. The number of nitrogens with two attached hydrogens (primary N) is 1. The van der Waals surface area contributed by atoms with Crippen molar-refractivity contribution in [1.29, 1.82) is 0 Å². The van der Waals surface area contributed by atoms with Crippen molar-refractivity contribution >= 4 is 17.6 Å². The highest BCUT2D eigenvalue weighted by Crippen LogP contribution is 2.20. The molecule has 0 spiro atoms. The number of aromatic nitrogens is 2. The number of aromatic amines is 1. The second-order valence-electron chi connectivity index (χ2n) is 10.1. The van der Waals surface area contributed by atoms with Crippen molar-refractivity contribution < 1.29 is 13.9 Å². The number of hydrogen-bond acceptors (Lipinski definition) is 8. The summed E-state index contributed by atoms with van der Waals surface area (Å²) in [6.07, 6.45) is 1.99. The van der Waals surface area contributed by atoms with Crippen LogP contribution in [0.3, 0.4) is 0 Å². The van der Waals surface area contributed by atoms with Crippen LogP contribution in [0.2, 0.25) is 0 Å². The molecule has 0 saturated carbocycles. The maximum absolute atomic E-state index is 14.2. The Morgan fingerprint density at radius 3 is 2.61 bits per heavy atom. The van der Waals surface area contributed by atoms with Gasteiger partial charge in [0.05, 0.1) is 7.11 Å². The van der Waals surface area contributed by atoms with Crippen LogP contribution in [0.1, 0.15) is 48.3 Å². The van der Waals surface area contributed by atoms with Gasteiger partial charge in [0.2, 0.25) is 0 Å². The largest absolute Gasteiger partial charge is 0.464 e. The van der Waals surface area contributed by atoms with Crippen LogP contribution in [0.25, 0.3) is 0 Å². The first kappa shape index (κ1) is 27.6. The summed E-state index contributed by atoms with van der Waals surface area (Å²) in [6.45, 7) is 10.4. The van der Waals surface area contributed by atoms with Crippen molar-refractivity contribution in [3.63, 3.8) is 0 Å². The predicted octanol–water partition coefficient (Wildman–Crippen LogP) is 2.65. The average Bonchev–Trinajstić information content (AvgIpc) is 2.84. The highest BCUT2D eigenvalue weighted by molar-refractivity contribution is 5.91. The quantitative estimate of drug-likeness (QED) is 0.478. The second kappa shape index (κ2) is 12.3. The van der Waals surface area contributed by atoms with Crippen LogP contribution in [0.5, 0.6) is 0 Å². The second-order valence-corrected chi connectivity index (χ2v) is 10.1. The van der Waals surface area contributed by atoms with E-state index in [9.17, 15) is 14.0 Å². The summed E-state index contributed by atoms with van der Waals surface area (Å²) in [5.41, 5.74) is 7.02. The number of likely N-dealkylation sites (N-methyl/N-ethyl adjacent to an activating group) is 1. The van der Waals surface area contributed by atoms with Crippen LogP contribution in [0.4, 0.5) is 16.0 Å². The third-order valence-electron chi connectivity index (χ3n) is 6.70. The number of H-pyrrole nitrogens is 1. The Bertz CT molecular complexity index is 1100. The Kier molecular flexibility index (Phi) is 9.44. The number of nitrogens with one attached hydrogen (secondary N) is 1. The molecule has 1 aromatic carbocycles. The van der Waals surface area contributed by atoms with E-state index >= 15 is 0 Å². The summed E-state index contributed by atoms with van der Waals surface area (Å²) < 4.78 is 18.9. The van der Waals surface area contributed by atoms with Crippen molar-refractivity contribution in [2.75, 3.05) is 57.5 Å². The number of rotatable bonds is 10. The molecule has 2 heterocycles. The lowest BCUT2D eigenvalue weighted by Gasteiger charge is -2.37. The highest BCUT2D eigenvalue weighted by atomic mass is 19.1. The number of aryl methyl sites for hydroxylation is 1. The molecule has 36 heavy (non-hydrogen) atoms. The number of carbonyl (C=O) groups excluding carboxylic acids is 1. The molecule has 0 amide bonds. The number of nitrogen functional groups attached to an aromatic ring is 1. The Balaban J connectivity index is 1.59. The minimum absolute atomic E-state index is 0.0593. The van der Waals surface area contributed by atoms with Crippen molar-refractivity contribution in [3.05, 3.63) is 51.2 Å². The normalized spacial score (nSPS) is 15.0. The maximum atomic E-state index is 14.2. The van der Waals surface area contributed by atoms with Gasteiger partial charge in [0.15, 0.2) is 17.3 Å². The zero-order valence-electron chi connectivity index (χ0n) is 22.0. The van der Waals surface area contributed by atoms with Gasteiger partial charge in [-0.25, -0.2) is 14.2 Å². The monoisotopic (exact) mass is 502 g/mol. The van der Waals surface area contributed by atoms with Gasteiger partial charge in [-0.3, -0.25) is 9.69 Å². The van der Waals surface area contributed by atoms with Crippen molar-refractivity contribution in [2.45, 2.75) is 46.2 Å². The van der Waals surface area contributed by atoms with Crippen LogP contribution < -0.4 is 16.2 Å². The molecule has 1 aliphatic heterocycles. The summed E-state index contributed by atoms with van der Waals surface area (Å²) in [6, 6.07) is 5.84. The lowest BCUT2D eigenvalue weighted by molar-refractivity contribution is 0.0594. The molecule has 198 valence electrons. The standard InChI is InChI=1S/C26H39FN6O3/c1-17(2)15-33(24-25(34)29-22(23(28)30-24)26(35)36-5)13-12-31(4)20-8-10-32(11-9-20)16-19-7-6-18(3)14-21(19)27/h6-7,14,17,20H,8-13,15-16H2,1-5H3,(H2,28,30)(H,29,34). The molecule has 0 radical (unpaired) electrons. The molecule has 1 saturated heterocycles. The molecular formula is C26H39FN6O3. The van der Waals surface area contributed by atoms with Gasteiger partial charge in [-0.15, -0.1) is 0 Å². The first-order valence-corrected chi connectivity index (χ1v) is 12.5. The van der Waals surface area contributed by atoms with Gasteiger partial charge in [-0.2, -0.15) is 0 Å². The van der Waals surface area contributed by atoms with Gasteiger partial charge in [0, 0.05) is 37.8 Å². The molecule has 9 nitrogen and oxygen atoms in total. The van der Waals surface area contributed by atoms with E-state index in [0.29, 0.717) is 31.6 Å². The van der Waals surface area contributed by atoms with Crippen molar-refractivity contribution in [1.82, 2.24) is 19.8 Å². The molecule has 0 aliphatic carbocycles. The van der Waals surface area contributed by atoms with Gasteiger partial charge in [-0.1, -0.05) is 26.0 Å². The smallest absolute Gasteiger partial charge is 0.358 e. The summed E-state index contributed by atoms with van der Waals surface area (Å²) >= 11 is 0. The third kappa shape index (κ3) is 7.04. The lowest BCUT2D eigenvalue weighted by atomic mass is 10.0. The fourth-order valence-electron chi connectivity index (χ4n) is 4.65. The third-order valence-corrected chi connectivity index (χ3v) is 6.70. The van der Waals surface area contributed by atoms with E-state index in [1.807, 2.05) is 24.0 Å². The number of hydrogen-bond donors (Lipinski definition) is 2. The molecule has 1 fully saturated rings. The van der Waals surface area contributed by atoms with E-state index in [4.69, 9.17) is 5.73 Å². The minimum Gasteiger partial charge on any atom is -0.464 e. The summed E-state index contributed by atoms with van der Waals surface area (Å²) in [5, 5.41) is 0. The minimum atomic E-state index is -0.727. The molecule has 1 aromatic heterocycles. The number of piperidine rings is 1. The molecule has 10 heteroatoms. The fourth-order valence-corrected chi connectivity index (χ4v) is 4.65. The average molecular weight is 503 g/mol. The van der Waals surface area contributed by atoms with Crippen LogP contribution in [-0.2, 0) is 11.3 Å². The number of halogens is 1. The first-order valence-electron chi connectivity index (χ1n) is 12.5. The Labute approximate surface area is 212 Å². The maximum Gasteiger partial charge on any atom is 0.358 e. The number of esters is 1. The molecule has 0 atom stereocenters. The zero-order valence-corrected chi connectivity index (χ0v) is 22.0. The Hall–Kier alpha value is -2.98. The van der Waals surface area contributed by atoms with Crippen molar-refractivity contribution in [3.8, 4) is 0 Å². The number of carbonyl (C=O) groups is 1. The van der Waals surface area contributed by atoms with Gasteiger partial charge in [0.25, 0.3) is 5.56 Å². The van der Waals surface area contributed by atoms with Gasteiger partial charge >= 0.3 is 5.97 Å². The van der Waals surface area contributed by atoms with E-state index in [1.54, 1.807) is 6.07 Å². The molecular weight excluding hydrogens is 463 g/mol. The van der Waals surface area contributed by atoms with E-state index in [-0.39, 0.29) is 23.1 Å². The van der Waals surface area contributed by atoms with Crippen LogP contribution in [0.15, 0.2) is 23.0 Å². The zero-order chi connectivity index (χ0) is 26.4. The molecule has 3 N–H and O–H groups in total. The van der Waals surface area contributed by atoms with Gasteiger partial charge in [-0.05, 0) is 57.5 Å². The Morgan fingerprint density at radius 1 is 1.31 bits per heavy atom. The molecule has 3 rings (SSSR count). The Morgan fingerprint density at radius 2 is 2.00 bits per heavy atom. The van der Waals surface area contributed by atoms with Crippen LogP contribution in [0, 0.1) is 18.7 Å². The number of ether oxygens (including phenoxy) is 1. The van der Waals surface area contributed by atoms with E-state index in [2.05, 4.69) is 45.4 Å². The summed E-state index contributed by atoms with van der Waals surface area (Å²) in [7, 11) is 3.32. The van der Waals surface area contributed by atoms with Gasteiger partial charge in [0.1, 0.15) is 5.82 Å². The summed E-state index contributed by atoms with van der Waals surface area (Å²) in [4.78, 5) is 37.9. The topological polar surface area (TPSA) is 108 Å². The number of nitrogens with zero attached hydrogens (tertiary/aromatic N) is 4. The molecule has 0 unspecified atom stereocenters. The van der Waals surface area contributed by atoms with E-state index in [0.717, 1.165) is 43.6 Å². The van der Waals surface area contributed by atoms with E-state index in [1.165, 1.54) is 7.11 Å².